The normalized spacial score (nSPS) is 22.0. The molecule has 20 heavy (non-hydrogen) atoms. The highest BCUT2D eigenvalue weighted by Crippen LogP contribution is 2.20. The number of nitrogens with one attached hydrogen (secondary N) is 1. The molecule has 1 saturated heterocycles. The molecule has 3 atom stereocenters. The summed E-state index contributed by atoms with van der Waals surface area (Å²) in [5.74, 6) is -0.297. The summed E-state index contributed by atoms with van der Waals surface area (Å²) in [6.07, 6.45) is 5.04. The lowest BCUT2D eigenvalue weighted by Crippen LogP contribution is -2.54. The molecule has 0 radical (unpaired) electrons. The summed E-state index contributed by atoms with van der Waals surface area (Å²) in [6.45, 7) is 6.83. The zero-order valence-electron chi connectivity index (χ0n) is 13.1. The van der Waals surface area contributed by atoms with Gasteiger partial charge in [-0.1, -0.05) is 27.2 Å². The van der Waals surface area contributed by atoms with Gasteiger partial charge in [0.15, 0.2) is 0 Å². The van der Waals surface area contributed by atoms with E-state index in [2.05, 4.69) is 12.2 Å². The van der Waals surface area contributed by atoms with Gasteiger partial charge in [-0.2, -0.15) is 0 Å². The number of piperidine rings is 1. The highest BCUT2D eigenvalue weighted by molar-refractivity contribution is 5.84. The van der Waals surface area contributed by atoms with Gasteiger partial charge in [0.25, 0.3) is 0 Å². The van der Waals surface area contributed by atoms with Crippen LogP contribution in [0.3, 0.4) is 0 Å². The van der Waals surface area contributed by atoms with Crippen molar-refractivity contribution in [3.05, 3.63) is 0 Å². The summed E-state index contributed by atoms with van der Waals surface area (Å²) < 4.78 is 4.80. The number of amides is 2. The minimum absolute atomic E-state index is 0.0660. The highest BCUT2D eigenvalue weighted by atomic mass is 16.5. The number of methoxy groups -OCH3 is 1. The van der Waals surface area contributed by atoms with Crippen LogP contribution >= 0.6 is 0 Å². The first-order chi connectivity index (χ1) is 9.54. The smallest absolute Gasteiger partial charge is 0.328 e. The fourth-order valence-corrected chi connectivity index (χ4v) is 2.70. The van der Waals surface area contributed by atoms with Crippen molar-refractivity contribution in [1.29, 1.82) is 0 Å². The van der Waals surface area contributed by atoms with E-state index in [4.69, 9.17) is 4.74 Å². The van der Waals surface area contributed by atoms with Crippen LogP contribution in [-0.2, 0) is 9.53 Å². The van der Waals surface area contributed by atoms with Crippen LogP contribution in [-0.4, -0.2) is 42.6 Å². The summed E-state index contributed by atoms with van der Waals surface area (Å²) in [5.41, 5.74) is 0. The first-order valence-electron chi connectivity index (χ1n) is 7.70. The van der Waals surface area contributed by atoms with Crippen LogP contribution in [0.1, 0.15) is 52.9 Å². The van der Waals surface area contributed by atoms with Crippen LogP contribution < -0.4 is 5.32 Å². The molecule has 1 N–H and O–H groups in total. The van der Waals surface area contributed by atoms with Gasteiger partial charge in [-0.25, -0.2) is 9.59 Å². The molecule has 0 bridgehead atoms. The highest BCUT2D eigenvalue weighted by Gasteiger charge is 2.31. The second kappa shape index (κ2) is 8.12. The Kier molecular flexibility index (Phi) is 6.82. The predicted octanol–water partition coefficient (Wildman–Crippen LogP) is 2.55. The Morgan fingerprint density at radius 2 is 2.05 bits per heavy atom. The fraction of sp³-hybridized carbons (Fsp3) is 0.867. The molecule has 3 unspecified atom stereocenters. The third kappa shape index (κ3) is 4.12. The van der Waals surface area contributed by atoms with Crippen molar-refractivity contribution in [2.24, 2.45) is 5.92 Å². The molecule has 1 aliphatic heterocycles. The van der Waals surface area contributed by atoms with E-state index in [1.807, 2.05) is 18.7 Å². The molecule has 0 aromatic heterocycles. The minimum Gasteiger partial charge on any atom is -0.467 e. The van der Waals surface area contributed by atoms with Gasteiger partial charge in [0.05, 0.1) is 7.11 Å². The zero-order chi connectivity index (χ0) is 15.1. The molecular weight excluding hydrogens is 256 g/mol. The van der Waals surface area contributed by atoms with Crippen LogP contribution in [0.15, 0.2) is 0 Å². The third-order valence-electron chi connectivity index (χ3n) is 4.31. The number of likely N-dealkylation sites (tertiary alicyclic amines) is 1. The lowest BCUT2D eigenvalue weighted by Gasteiger charge is -2.36. The second-order valence-corrected chi connectivity index (χ2v) is 5.59. The Balaban J connectivity index is 2.71. The number of nitrogens with zero attached hydrogens (tertiary/aromatic N) is 1. The summed E-state index contributed by atoms with van der Waals surface area (Å²) in [6, 6.07) is -0.400. The Morgan fingerprint density at radius 1 is 1.35 bits per heavy atom. The fourth-order valence-electron chi connectivity index (χ4n) is 2.70. The number of hydrogen-bond acceptors (Lipinski definition) is 3. The Bertz CT molecular complexity index is 333. The quantitative estimate of drug-likeness (QED) is 0.789. The number of esters is 1. The molecular formula is C15H28N2O3. The first kappa shape index (κ1) is 16.8. The zero-order valence-corrected chi connectivity index (χ0v) is 13.1. The number of urea groups is 1. The van der Waals surface area contributed by atoms with Crippen LogP contribution in [0.5, 0.6) is 0 Å². The molecule has 116 valence electrons. The molecule has 1 heterocycles. The average Bonchev–Trinajstić information content (AvgIpc) is 2.50. The van der Waals surface area contributed by atoms with Crippen molar-refractivity contribution < 1.29 is 14.3 Å². The lowest BCUT2D eigenvalue weighted by molar-refractivity contribution is -0.144. The van der Waals surface area contributed by atoms with E-state index in [1.54, 1.807) is 0 Å². The second-order valence-electron chi connectivity index (χ2n) is 5.59. The van der Waals surface area contributed by atoms with E-state index in [-0.39, 0.29) is 17.9 Å². The van der Waals surface area contributed by atoms with Crippen LogP contribution in [0.25, 0.3) is 0 Å². The van der Waals surface area contributed by atoms with Crippen LogP contribution in [0.4, 0.5) is 4.79 Å². The maximum Gasteiger partial charge on any atom is 0.328 e. The molecule has 1 fully saturated rings. The molecule has 5 heteroatoms. The Hall–Kier alpha value is -1.26. The molecule has 2 amide bonds. The topological polar surface area (TPSA) is 58.6 Å². The number of rotatable bonds is 5. The van der Waals surface area contributed by atoms with E-state index >= 15 is 0 Å². The van der Waals surface area contributed by atoms with E-state index in [0.717, 1.165) is 32.2 Å². The molecule has 0 aromatic carbocycles. The lowest BCUT2D eigenvalue weighted by atomic mass is 9.98. The first-order valence-corrected chi connectivity index (χ1v) is 7.70. The summed E-state index contributed by atoms with van der Waals surface area (Å²) in [7, 11) is 1.36. The van der Waals surface area contributed by atoms with Crippen molar-refractivity contribution in [3.8, 4) is 0 Å². The molecule has 5 nitrogen and oxygen atoms in total. The summed E-state index contributed by atoms with van der Waals surface area (Å²) in [4.78, 5) is 26.1. The van der Waals surface area contributed by atoms with Crippen LogP contribution in [0, 0.1) is 5.92 Å². The SMILES string of the molecule is CCC(C)C(NC(=O)N1CCCCC1CC)C(=O)OC. The van der Waals surface area contributed by atoms with Gasteiger partial charge in [-0.3, -0.25) is 0 Å². The van der Waals surface area contributed by atoms with Gasteiger partial charge in [0.1, 0.15) is 6.04 Å². The number of carbonyl (C=O) groups is 2. The van der Waals surface area contributed by atoms with Gasteiger partial charge >= 0.3 is 12.0 Å². The summed E-state index contributed by atoms with van der Waals surface area (Å²) >= 11 is 0. The van der Waals surface area contributed by atoms with Gasteiger partial charge in [-0.05, 0) is 31.6 Å². The monoisotopic (exact) mass is 284 g/mol. The van der Waals surface area contributed by atoms with Gasteiger partial charge in [0, 0.05) is 12.6 Å². The van der Waals surface area contributed by atoms with Crippen molar-refractivity contribution in [2.75, 3.05) is 13.7 Å². The number of hydrogen-bond donors (Lipinski definition) is 1. The molecule has 1 rings (SSSR count). The van der Waals surface area contributed by atoms with Gasteiger partial charge in [0.2, 0.25) is 0 Å². The van der Waals surface area contributed by atoms with E-state index < -0.39 is 6.04 Å². The largest absolute Gasteiger partial charge is 0.467 e. The molecule has 0 spiro atoms. The number of ether oxygens (including phenoxy) is 1. The number of carbonyl (C=O) groups excluding carboxylic acids is 2. The van der Waals surface area contributed by atoms with Gasteiger partial charge in [-0.15, -0.1) is 0 Å². The molecule has 1 aliphatic rings. The van der Waals surface area contributed by atoms with Crippen molar-refractivity contribution in [2.45, 2.75) is 65.0 Å². The maximum absolute atomic E-state index is 12.4. The van der Waals surface area contributed by atoms with E-state index in [0.29, 0.717) is 6.04 Å². The Labute approximate surface area is 122 Å². The standard InChI is InChI=1S/C15H28N2O3/c1-5-11(3)13(14(18)20-4)16-15(19)17-10-8-7-9-12(17)6-2/h11-13H,5-10H2,1-4H3,(H,16,19). The molecule has 0 saturated carbocycles. The van der Waals surface area contributed by atoms with Crippen LogP contribution in [0.2, 0.25) is 0 Å². The third-order valence-corrected chi connectivity index (χ3v) is 4.31. The predicted molar refractivity (Wildman–Crippen MR) is 78.4 cm³/mol. The van der Waals surface area contributed by atoms with E-state index in [1.165, 1.54) is 13.5 Å². The van der Waals surface area contributed by atoms with Crippen molar-refractivity contribution in [3.63, 3.8) is 0 Å². The minimum atomic E-state index is -0.558. The van der Waals surface area contributed by atoms with Gasteiger partial charge < -0.3 is 15.0 Å². The van der Waals surface area contributed by atoms with E-state index in [9.17, 15) is 9.59 Å². The average molecular weight is 284 g/mol. The summed E-state index contributed by atoms with van der Waals surface area (Å²) in [5, 5.41) is 2.86. The van der Waals surface area contributed by atoms with Crippen molar-refractivity contribution in [1.82, 2.24) is 10.2 Å². The molecule has 0 aliphatic carbocycles. The Morgan fingerprint density at radius 3 is 2.60 bits per heavy atom. The maximum atomic E-state index is 12.4. The molecule has 0 aromatic rings. The van der Waals surface area contributed by atoms with Crippen molar-refractivity contribution >= 4 is 12.0 Å².